The largest absolute Gasteiger partial charge is 0.486 e. The first-order valence-corrected chi connectivity index (χ1v) is 7.23. The van der Waals surface area contributed by atoms with E-state index in [2.05, 4.69) is 9.97 Å². The SMILES string of the molecule is Cc1cccc(OCc2nc3cc(C(=O)NO)ccc3c(=O)[nH]2)c1. The monoisotopic (exact) mass is 325 g/mol. The molecule has 1 amide bonds. The van der Waals surface area contributed by atoms with Crippen molar-refractivity contribution in [2.45, 2.75) is 13.5 Å². The summed E-state index contributed by atoms with van der Waals surface area (Å²) < 4.78 is 5.62. The number of amides is 1. The molecule has 0 aliphatic rings. The zero-order chi connectivity index (χ0) is 17.1. The molecular weight excluding hydrogens is 310 g/mol. The van der Waals surface area contributed by atoms with Crippen LogP contribution in [-0.4, -0.2) is 21.1 Å². The van der Waals surface area contributed by atoms with Crippen LogP contribution in [0.4, 0.5) is 0 Å². The number of benzene rings is 2. The summed E-state index contributed by atoms with van der Waals surface area (Å²) in [6.07, 6.45) is 0. The van der Waals surface area contributed by atoms with Gasteiger partial charge in [0.2, 0.25) is 0 Å². The molecule has 3 rings (SSSR count). The van der Waals surface area contributed by atoms with Crippen molar-refractivity contribution >= 4 is 16.8 Å². The number of hydrogen-bond donors (Lipinski definition) is 3. The first kappa shape index (κ1) is 15.7. The third kappa shape index (κ3) is 3.26. The van der Waals surface area contributed by atoms with E-state index in [0.29, 0.717) is 22.5 Å². The Balaban J connectivity index is 1.91. The quantitative estimate of drug-likeness (QED) is 0.502. The standard InChI is InChI=1S/C17H15N3O4/c1-10-3-2-4-12(7-10)24-9-15-18-14-8-11(16(21)20-23)5-6-13(14)17(22)19-15/h2-8,23H,9H2,1H3,(H,20,21)(H,18,19,22). The number of aryl methyl sites for hydroxylation is 1. The van der Waals surface area contributed by atoms with Gasteiger partial charge in [0.05, 0.1) is 10.9 Å². The van der Waals surface area contributed by atoms with Crippen molar-refractivity contribution in [3.63, 3.8) is 0 Å². The number of hydroxylamine groups is 1. The van der Waals surface area contributed by atoms with Gasteiger partial charge in [0.15, 0.2) is 0 Å². The maximum absolute atomic E-state index is 12.1. The average Bonchev–Trinajstić information content (AvgIpc) is 2.59. The van der Waals surface area contributed by atoms with E-state index in [1.807, 2.05) is 31.2 Å². The molecule has 7 nitrogen and oxygen atoms in total. The number of aromatic nitrogens is 2. The molecule has 0 radical (unpaired) electrons. The summed E-state index contributed by atoms with van der Waals surface area (Å²) in [5.74, 6) is 0.346. The summed E-state index contributed by atoms with van der Waals surface area (Å²) in [5.41, 5.74) is 2.84. The number of nitrogens with one attached hydrogen (secondary N) is 2. The molecule has 1 aromatic heterocycles. The van der Waals surface area contributed by atoms with Gasteiger partial charge in [0.25, 0.3) is 11.5 Å². The number of ether oxygens (including phenoxy) is 1. The van der Waals surface area contributed by atoms with E-state index < -0.39 is 5.91 Å². The molecule has 2 aromatic carbocycles. The molecule has 0 aliphatic carbocycles. The molecule has 24 heavy (non-hydrogen) atoms. The molecule has 1 heterocycles. The van der Waals surface area contributed by atoms with Gasteiger partial charge in [0, 0.05) is 5.56 Å². The number of H-pyrrole nitrogens is 1. The van der Waals surface area contributed by atoms with Crippen LogP contribution in [0.5, 0.6) is 5.75 Å². The molecule has 0 unspecified atom stereocenters. The van der Waals surface area contributed by atoms with Crippen LogP contribution in [0, 0.1) is 6.92 Å². The number of aromatic amines is 1. The zero-order valence-corrected chi connectivity index (χ0v) is 12.9. The van der Waals surface area contributed by atoms with E-state index in [9.17, 15) is 9.59 Å². The van der Waals surface area contributed by atoms with Crippen molar-refractivity contribution in [1.82, 2.24) is 15.4 Å². The van der Waals surface area contributed by atoms with E-state index >= 15 is 0 Å². The molecule has 122 valence electrons. The molecule has 0 bridgehead atoms. The predicted octanol–water partition coefficient (Wildman–Crippen LogP) is 1.93. The second-order valence-electron chi connectivity index (χ2n) is 5.29. The molecule has 0 atom stereocenters. The van der Waals surface area contributed by atoms with Crippen molar-refractivity contribution < 1.29 is 14.7 Å². The number of nitrogens with zero attached hydrogens (tertiary/aromatic N) is 1. The highest BCUT2D eigenvalue weighted by Crippen LogP contribution is 2.15. The van der Waals surface area contributed by atoms with E-state index in [1.54, 1.807) is 5.48 Å². The van der Waals surface area contributed by atoms with Gasteiger partial charge < -0.3 is 9.72 Å². The predicted molar refractivity (Wildman–Crippen MR) is 87.1 cm³/mol. The molecule has 7 heteroatoms. The minimum atomic E-state index is -0.670. The van der Waals surface area contributed by atoms with Crippen molar-refractivity contribution in [3.8, 4) is 5.75 Å². The Morgan fingerprint density at radius 1 is 1.29 bits per heavy atom. The molecule has 0 saturated carbocycles. The van der Waals surface area contributed by atoms with Crippen molar-refractivity contribution in [2.24, 2.45) is 0 Å². The highest BCUT2D eigenvalue weighted by atomic mass is 16.5. The maximum Gasteiger partial charge on any atom is 0.274 e. The number of rotatable bonds is 4. The molecule has 0 aliphatic heterocycles. The first-order valence-electron chi connectivity index (χ1n) is 7.23. The third-order valence-corrected chi connectivity index (χ3v) is 3.48. The molecule has 3 aromatic rings. The normalized spacial score (nSPS) is 10.6. The fourth-order valence-corrected chi connectivity index (χ4v) is 2.32. The van der Waals surface area contributed by atoms with Crippen molar-refractivity contribution in [2.75, 3.05) is 0 Å². The summed E-state index contributed by atoms with van der Waals surface area (Å²) in [4.78, 5) is 30.5. The number of hydrogen-bond acceptors (Lipinski definition) is 5. The Morgan fingerprint density at radius 3 is 2.88 bits per heavy atom. The van der Waals surface area contributed by atoms with Gasteiger partial charge >= 0.3 is 0 Å². The van der Waals surface area contributed by atoms with E-state index in [-0.39, 0.29) is 17.7 Å². The molecule has 0 fully saturated rings. The van der Waals surface area contributed by atoms with Crippen molar-refractivity contribution in [1.29, 1.82) is 0 Å². The smallest absolute Gasteiger partial charge is 0.274 e. The topological polar surface area (TPSA) is 104 Å². The number of fused-ring (bicyclic) bond motifs is 1. The number of carbonyl (C=O) groups excluding carboxylic acids is 1. The Hall–Kier alpha value is -3.19. The summed E-state index contributed by atoms with van der Waals surface area (Å²) >= 11 is 0. The minimum Gasteiger partial charge on any atom is -0.486 e. The Bertz CT molecular complexity index is 965. The van der Waals surface area contributed by atoms with Crippen LogP contribution in [0.1, 0.15) is 21.7 Å². The summed E-state index contributed by atoms with van der Waals surface area (Å²) in [6.45, 7) is 2.04. The first-order chi connectivity index (χ1) is 11.6. The summed E-state index contributed by atoms with van der Waals surface area (Å²) in [7, 11) is 0. The van der Waals surface area contributed by atoms with Crippen LogP contribution in [0.3, 0.4) is 0 Å². The fraction of sp³-hybridized carbons (Fsp3) is 0.118. The maximum atomic E-state index is 12.1. The van der Waals surface area contributed by atoms with Crippen LogP contribution in [0.15, 0.2) is 47.3 Å². The van der Waals surface area contributed by atoms with Gasteiger partial charge in [-0.15, -0.1) is 0 Å². The second-order valence-corrected chi connectivity index (χ2v) is 5.29. The Labute approximate surface area is 136 Å². The van der Waals surface area contributed by atoms with Crippen molar-refractivity contribution in [3.05, 3.63) is 69.8 Å². The average molecular weight is 325 g/mol. The third-order valence-electron chi connectivity index (χ3n) is 3.48. The lowest BCUT2D eigenvalue weighted by atomic mass is 10.1. The minimum absolute atomic E-state index is 0.0884. The lowest BCUT2D eigenvalue weighted by Crippen LogP contribution is -2.19. The molecule has 3 N–H and O–H groups in total. The van der Waals surface area contributed by atoms with Gasteiger partial charge in [-0.3, -0.25) is 14.8 Å². The van der Waals surface area contributed by atoms with E-state index in [1.165, 1.54) is 18.2 Å². The van der Waals surface area contributed by atoms with Crippen LogP contribution in [-0.2, 0) is 6.61 Å². The van der Waals surface area contributed by atoms with Crippen LogP contribution in [0.2, 0.25) is 0 Å². The van der Waals surface area contributed by atoms with E-state index in [4.69, 9.17) is 9.94 Å². The molecule has 0 spiro atoms. The Kier molecular flexibility index (Phi) is 4.26. The Morgan fingerprint density at radius 2 is 2.12 bits per heavy atom. The van der Waals surface area contributed by atoms with Gasteiger partial charge in [0.1, 0.15) is 18.2 Å². The van der Waals surface area contributed by atoms with Crippen LogP contribution < -0.4 is 15.8 Å². The van der Waals surface area contributed by atoms with E-state index in [0.717, 1.165) is 5.56 Å². The lowest BCUT2D eigenvalue weighted by molar-refractivity contribution is 0.0706. The fourth-order valence-electron chi connectivity index (χ4n) is 2.32. The molecule has 0 saturated heterocycles. The molecular formula is C17H15N3O4. The van der Waals surface area contributed by atoms with Gasteiger partial charge in [-0.1, -0.05) is 12.1 Å². The summed E-state index contributed by atoms with van der Waals surface area (Å²) in [6, 6.07) is 11.9. The zero-order valence-electron chi connectivity index (χ0n) is 12.9. The number of carbonyl (C=O) groups is 1. The summed E-state index contributed by atoms with van der Waals surface area (Å²) in [5, 5.41) is 9.05. The highest BCUT2D eigenvalue weighted by molar-refractivity contribution is 5.96. The highest BCUT2D eigenvalue weighted by Gasteiger charge is 2.09. The lowest BCUT2D eigenvalue weighted by Gasteiger charge is -2.07. The second kappa shape index (κ2) is 6.51. The van der Waals surface area contributed by atoms with Gasteiger partial charge in [-0.2, -0.15) is 0 Å². The van der Waals surface area contributed by atoms with Gasteiger partial charge in [-0.05, 0) is 42.8 Å². The van der Waals surface area contributed by atoms with Crippen LogP contribution in [0.25, 0.3) is 10.9 Å². The van der Waals surface area contributed by atoms with Crippen LogP contribution >= 0.6 is 0 Å². The van der Waals surface area contributed by atoms with Gasteiger partial charge in [-0.25, -0.2) is 10.5 Å².